The molecule has 0 aliphatic carbocycles. The first-order valence-corrected chi connectivity index (χ1v) is 11.7. The summed E-state index contributed by atoms with van der Waals surface area (Å²) in [7, 11) is 0. The zero-order valence-corrected chi connectivity index (χ0v) is 20.5. The van der Waals surface area contributed by atoms with E-state index in [4.69, 9.17) is 25.8 Å². The maximum absolute atomic E-state index is 13.3. The van der Waals surface area contributed by atoms with Crippen molar-refractivity contribution in [1.82, 2.24) is 19.6 Å². The largest absolute Gasteiger partial charge is 0.490 e. The molecule has 2 heterocycles. The van der Waals surface area contributed by atoms with E-state index in [0.29, 0.717) is 42.7 Å². The van der Waals surface area contributed by atoms with Gasteiger partial charge in [0.2, 0.25) is 0 Å². The second-order valence-electron chi connectivity index (χ2n) is 7.62. The topological polar surface area (TPSA) is 92.4 Å². The third-order valence-electron chi connectivity index (χ3n) is 4.97. The number of amides is 1. The van der Waals surface area contributed by atoms with Crippen LogP contribution in [-0.4, -0.2) is 38.7 Å². The monoisotopic (exact) mass is 513 g/mol. The van der Waals surface area contributed by atoms with Crippen LogP contribution in [0.15, 0.2) is 61.1 Å². The van der Waals surface area contributed by atoms with Gasteiger partial charge in [-0.25, -0.2) is 9.07 Å². The van der Waals surface area contributed by atoms with E-state index in [1.54, 1.807) is 29.3 Å². The maximum Gasteiger partial charge on any atom is 0.276 e. The number of carbonyl (C=O) groups excluding carboxylic acids is 1. The third-order valence-corrected chi connectivity index (χ3v) is 5.26. The van der Waals surface area contributed by atoms with Crippen LogP contribution in [0.4, 0.5) is 10.1 Å². The Hall–Kier alpha value is -4.05. The van der Waals surface area contributed by atoms with E-state index in [0.717, 1.165) is 5.56 Å². The fraction of sp³-hybridized carbons (Fsp3) is 0.240. The van der Waals surface area contributed by atoms with Crippen molar-refractivity contribution in [3.8, 4) is 17.2 Å². The summed E-state index contributed by atoms with van der Waals surface area (Å²) in [4.78, 5) is 12.6. The van der Waals surface area contributed by atoms with E-state index >= 15 is 0 Å². The van der Waals surface area contributed by atoms with Crippen LogP contribution in [0.1, 0.15) is 29.9 Å². The van der Waals surface area contributed by atoms with Crippen molar-refractivity contribution in [3.63, 3.8) is 0 Å². The number of anilines is 1. The molecule has 11 heteroatoms. The molecule has 0 fully saturated rings. The van der Waals surface area contributed by atoms with Crippen molar-refractivity contribution in [1.29, 1.82) is 0 Å². The summed E-state index contributed by atoms with van der Waals surface area (Å²) < 4.78 is 33.2. The van der Waals surface area contributed by atoms with Gasteiger partial charge in [-0.05, 0) is 49.7 Å². The summed E-state index contributed by atoms with van der Waals surface area (Å²) in [6.45, 7) is 5.44. The Labute approximate surface area is 212 Å². The van der Waals surface area contributed by atoms with Gasteiger partial charge >= 0.3 is 0 Å². The lowest BCUT2D eigenvalue weighted by Crippen LogP contribution is -2.14. The van der Waals surface area contributed by atoms with Gasteiger partial charge in [-0.2, -0.15) is 10.2 Å². The number of rotatable bonds is 11. The molecule has 2 aromatic carbocycles. The van der Waals surface area contributed by atoms with Crippen molar-refractivity contribution < 1.29 is 23.4 Å². The first-order chi connectivity index (χ1) is 17.4. The molecule has 188 valence electrons. The zero-order chi connectivity index (χ0) is 25.5. The molecular formula is C25H25ClFN5O4. The van der Waals surface area contributed by atoms with Crippen LogP contribution in [0.2, 0.25) is 5.02 Å². The lowest BCUT2D eigenvalue weighted by Gasteiger charge is -2.12. The average molecular weight is 514 g/mol. The first kappa shape index (κ1) is 25.1. The number of nitrogens with zero attached hydrogens (tertiary/aromatic N) is 4. The molecule has 4 aromatic rings. The molecule has 2 aromatic heterocycles. The SMILES string of the molecule is CCOc1ccc(Cn2cc(NC(=O)c3ccn(COc4ccc(F)c(Cl)c4)n3)cn2)cc1OCC. The molecule has 9 nitrogen and oxygen atoms in total. The van der Waals surface area contributed by atoms with E-state index in [-0.39, 0.29) is 17.4 Å². The molecule has 0 aliphatic heterocycles. The number of benzene rings is 2. The molecule has 0 spiro atoms. The second kappa shape index (κ2) is 11.6. The maximum atomic E-state index is 13.3. The van der Waals surface area contributed by atoms with Crippen LogP contribution in [0.5, 0.6) is 17.2 Å². The molecule has 0 saturated carbocycles. The Kier molecular flexibility index (Phi) is 8.06. The Bertz CT molecular complexity index is 1340. The quantitative estimate of drug-likeness (QED) is 0.303. The first-order valence-electron chi connectivity index (χ1n) is 11.3. The summed E-state index contributed by atoms with van der Waals surface area (Å²) in [6, 6.07) is 11.4. The van der Waals surface area contributed by atoms with Gasteiger partial charge in [0.15, 0.2) is 23.9 Å². The summed E-state index contributed by atoms with van der Waals surface area (Å²) in [6.07, 6.45) is 4.90. The van der Waals surface area contributed by atoms with Gasteiger partial charge in [-0.1, -0.05) is 17.7 Å². The number of nitrogens with one attached hydrogen (secondary N) is 1. The van der Waals surface area contributed by atoms with Crippen LogP contribution < -0.4 is 19.5 Å². The molecule has 0 saturated heterocycles. The third kappa shape index (κ3) is 6.33. The van der Waals surface area contributed by atoms with E-state index in [1.807, 2.05) is 32.0 Å². The van der Waals surface area contributed by atoms with Crippen molar-refractivity contribution >= 4 is 23.2 Å². The van der Waals surface area contributed by atoms with E-state index in [9.17, 15) is 9.18 Å². The molecular weight excluding hydrogens is 489 g/mol. The summed E-state index contributed by atoms with van der Waals surface area (Å²) in [5.41, 5.74) is 1.71. The summed E-state index contributed by atoms with van der Waals surface area (Å²) in [5, 5.41) is 11.3. The van der Waals surface area contributed by atoms with Gasteiger partial charge in [0.1, 0.15) is 11.6 Å². The van der Waals surface area contributed by atoms with Crippen molar-refractivity contribution in [2.75, 3.05) is 18.5 Å². The predicted octanol–water partition coefficient (Wildman–Crippen LogP) is 5.01. The molecule has 0 atom stereocenters. The highest BCUT2D eigenvalue weighted by Gasteiger charge is 2.12. The van der Waals surface area contributed by atoms with Gasteiger partial charge in [0.05, 0.1) is 36.7 Å². The average Bonchev–Trinajstić information content (AvgIpc) is 3.51. The van der Waals surface area contributed by atoms with Crippen LogP contribution >= 0.6 is 11.6 Å². The Morgan fingerprint density at radius 2 is 1.83 bits per heavy atom. The lowest BCUT2D eigenvalue weighted by molar-refractivity contribution is 0.102. The summed E-state index contributed by atoms with van der Waals surface area (Å²) >= 11 is 5.75. The lowest BCUT2D eigenvalue weighted by atomic mass is 10.2. The number of carbonyl (C=O) groups is 1. The second-order valence-corrected chi connectivity index (χ2v) is 8.02. The van der Waals surface area contributed by atoms with Gasteiger partial charge in [0, 0.05) is 18.5 Å². The number of halogens is 2. The highest BCUT2D eigenvalue weighted by Crippen LogP contribution is 2.29. The smallest absolute Gasteiger partial charge is 0.276 e. The standard InChI is InChI=1S/C25H25ClFN5O4/c1-3-34-23-8-5-17(11-24(23)35-4-2)14-32-15-18(13-28-32)29-25(33)22-9-10-31(30-22)16-36-19-6-7-21(27)20(26)12-19/h5-13,15H,3-4,14,16H2,1-2H3,(H,29,33). The minimum absolute atomic E-state index is 0.0268. The number of aromatic nitrogens is 4. The van der Waals surface area contributed by atoms with Crippen molar-refractivity contribution in [3.05, 3.63) is 83.2 Å². The number of hydrogen-bond donors (Lipinski definition) is 1. The van der Waals surface area contributed by atoms with Crippen molar-refractivity contribution in [2.45, 2.75) is 27.1 Å². The molecule has 0 bridgehead atoms. The molecule has 0 aliphatic rings. The predicted molar refractivity (Wildman–Crippen MR) is 132 cm³/mol. The minimum Gasteiger partial charge on any atom is -0.490 e. The van der Waals surface area contributed by atoms with Gasteiger partial charge in [-0.3, -0.25) is 9.48 Å². The van der Waals surface area contributed by atoms with E-state index in [1.165, 1.54) is 22.9 Å². The van der Waals surface area contributed by atoms with E-state index in [2.05, 4.69) is 15.5 Å². The normalized spacial score (nSPS) is 10.8. The fourth-order valence-corrected chi connectivity index (χ4v) is 3.52. The summed E-state index contributed by atoms with van der Waals surface area (Å²) in [5.74, 6) is 0.844. The van der Waals surface area contributed by atoms with Gasteiger partial charge in [-0.15, -0.1) is 0 Å². The van der Waals surface area contributed by atoms with Crippen LogP contribution in [0, 0.1) is 5.82 Å². The van der Waals surface area contributed by atoms with Crippen LogP contribution in [0.25, 0.3) is 0 Å². The van der Waals surface area contributed by atoms with Crippen LogP contribution in [-0.2, 0) is 13.3 Å². The Morgan fingerprint density at radius 1 is 1.03 bits per heavy atom. The zero-order valence-electron chi connectivity index (χ0n) is 19.8. The molecule has 36 heavy (non-hydrogen) atoms. The van der Waals surface area contributed by atoms with Gasteiger partial charge < -0.3 is 19.5 Å². The van der Waals surface area contributed by atoms with Crippen LogP contribution in [0.3, 0.4) is 0 Å². The molecule has 0 unspecified atom stereocenters. The molecule has 4 rings (SSSR count). The highest BCUT2D eigenvalue weighted by atomic mass is 35.5. The van der Waals surface area contributed by atoms with E-state index < -0.39 is 11.7 Å². The molecule has 1 N–H and O–H groups in total. The fourth-order valence-electron chi connectivity index (χ4n) is 3.35. The molecule has 1 amide bonds. The highest BCUT2D eigenvalue weighted by molar-refractivity contribution is 6.30. The van der Waals surface area contributed by atoms with Gasteiger partial charge in [0.25, 0.3) is 5.91 Å². The Morgan fingerprint density at radius 3 is 2.61 bits per heavy atom. The van der Waals surface area contributed by atoms with Crippen molar-refractivity contribution in [2.24, 2.45) is 0 Å². The number of hydrogen-bond acceptors (Lipinski definition) is 6. The Balaban J connectivity index is 1.34. The minimum atomic E-state index is -0.528. The number of ether oxygens (including phenoxy) is 3. The molecule has 0 radical (unpaired) electrons.